The van der Waals surface area contributed by atoms with Gasteiger partial charge in [-0.3, -0.25) is 4.90 Å². The molecule has 3 nitrogen and oxygen atoms in total. The zero-order valence-electron chi connectivity index (χ0n) is 7.03. The van der Waals surface area contributed by atoms with E-state index in [9.17, 15) is 5.11 Å². The number of likely N-dealkylation sites (tertiary alicyclic amines) is 1. The minimum Gasteiger partial charge on any atom is -0.395 e. The first kappa shape index (κ1) is 8.97. The topological polar surface area (TPSA) is 43.7 Å². The number of aliphatic hydroxyl groups excluding tert-OH is 2. The van der Waals surface area contributed by atoms with E-state index in [0.717, 1.165) is 25.9 Å². The molecule has 66 valence electrons. The summed E-state index contributed by atoms with van der Waals surface area (Å²) in [7, 11) is 0. The lowest BCUT2D eigenvalue weighted by Gasteiger charge is -2.33. The Labute approximate surface area is 67.6 Å². The highest BCUT2D eigenvalue weighted by Gasteiger charge is 2.20. The van der Waals surface area contributed by atoms with Crippen molar-refractivity contribution in [3.8, 4) is 0 Å². The van der Waals surface area contributed by atoms with Gasteiger partial charge in [-0.1, -0.05) is 0 Å². The maximum Gasteiger partial charge on any atom is 0.0584 e. The lowest BCUT2D eigenvalue weighted by atomic mass is 10.1. The Morgan fingerprint density at radius 3 is 2.45 bits per heavy atom. The summed E-state index contributed by atoms with van der Waals surface area (Å²) in [5, 5.41) is 18.0. The maximum absolute atomic E-state index is 9.19. The second kappa shape index (κ2) is 4.04. The predicted octanol–water partition coefficient (Wildman–Crippen LogP) is -0.176. The van der Waals surface area contributed by atoms with Crippen LogP contribution in [0.25, 0.3) is 0 Å². The monoisotopic (exact) mass is 159 g/mol. The van der Waals surface area contributed by atoms with E-state index in [1.807, 2.05) is 6.92 Å². The van der Waals surface area contributed by atoms with E-state index in [1.165, 1.54) is 0 Å². The van der Waals surface area contributed by atoms with Gasteiger partial charge in [-0.2, -0.15) is 0 Å². The average Bonchev–Trinajstić information content (AvgIpc) is 2.05. The lowest BCUT2D eigenvalue weighted by molar-refractivity contribution is 0.0479. The third kappa shape index (κ3) is 2.43. The molecule has 11 heavy (non-hydrogen) atoms. The second-order valence-corrected chi connectivity index (χ2v) is 3.30. The maximum atomic E-state index is 9.19. The predicted molar refractivity (Wildman–Crippen MR) is 43.4 cm³/mol. The van der Waals surface area contributed by atoms with Gasteiger partial charge in [0.15, 0.2) is 0 Å². The molecule has 0 spiro atoms. The Kier molecular flexibility index (Phi) is 3.30. The highest BCUT2D eigenvalue weighted by Crippen LogP contribution is 2.12. The standard InChI is InChI=1S/C8H17NO2/c1-7(6-10)9-4-2-8(11)3-5-9/h7-8,10-11H,2-6H2,1H3/t7-/m1/s1. The molecule has 2 N–H and O–H groups in total. The molecular weight excluding hydrogens is 142 g/mol. The van der Waals surface area contributed by atoms with Crippen LogP contribution in [0.3, 0.4) is 0 Å². The summed E-state index contributed by atoms with van der Waals surface area (Å²) in [6, 6.07) is 0.252. The smallest absolute Gasteiger partial charge is 0.0584 e. The van der Waals surface area contributed by atoms with Crippen molar-refractivity contribution in [1.29, 1.82) is 0 Å². The zero-order chi connectivity index (χ0) is 8.27. The molecular formula is C8H17NO2. The van der Waals surface area contributed by atoms with Crippen LogP contribution in [0.5, 0.6) is 0 Å². The van der Waals surface area contributed by atoms with E-state index in [2.05, 4.69) is 4.90 Å². The molecule has 0 aliphatic carbocycles. The van der Waals surface area contributed by atoms with Crippen LogP contribution >= 0.6 is 0 Å². The van der Waals surface area contributed by atoms with Crippen LogP contribution in [0, 0.1) is 0 Å². The molecule has 1 aliphatic heterocycles. The first-order valence-corrected chi connectivity index (χ1v) is 4.27. The number of hydrogen-bond acceptors (Lipinski definition) is 3. The van der Waals surface area contributed by atoms with Gasteiger partial charge in [0.05, 0.1) is 12.7 Å². The van der Waals surface area contributed by atoms with Crippen molar-refractivity contribution in [2.24, 2.45) is 0 Å². The fourth-order valence-electron chi connectivity index (χ4n) is 1.44. The highest BCUT2D eigenvalue weighted by atomic mass is 16.3. The Hall–Kier alpha value is -0.120. The summed E-state index contributed by atoms with van der Waals surface area (Å²) in [4.78, 5) is 2.22. The molecule has 1 fully saturated rings. The van der Waals surface area contributed by atoms with E-state index in [-0.39, 0.29) is 18.8 Å². The van der Waals surface area contributed by atoms with Gasteiger partial charge in [0.25, 0.3) is 0 Å². The van der Waals surface area contributed by atoms with Gasteiger partial charge in [-0.05, 0) is 19.8 Å². The molecule has 0 radical (unpaired) electrons. The van der Waals surface area contributed by atoms with Crippen LogP contribution in [0.15, 0.2) is 0 Å². The van der Waals surface area contributed by atoms with E-state index >= 15 is 0 Å². The molecule has 1 atom stereocenters. The first-order valence-electron chi connectivity index (χ1n) is 4.27. The van der Waals surface area contributed by atoms with Crippen molar-refractivity contribution in [3.05, 3.63) is 0 Å². The lowest BCUT2D eigenvalue weighted by Crippen LogP contribution is -2.42. The van der Waals surface area contributed by atoms with Crippen molar-refractivity contribution in [2.45, 2.75) is 31.9 Å². The number of hydrogen-bond donors (Lipinski definition) is 2. The van der Waals surface area contributed by atoms with Gasteiger partial charge < -0.3 is 10.2 Å². The van der Waals surface area contributed by atoms with Crippen LogP contribution in [-0.4, -0.2) is 47.0 Å². The molecule has 0 unspecified atom stereocenters. The molecule has 0 saturated carbocycles. The summed E-state index contributed by atoms with van der Waals surface area (Å²) < 4.78 is 0. The largest absolute Gasteiger partial charge is 0.395 e. The Morgan fingerprint density at radius 2 is 2.00 bits per heavy atom. The van der Waals surface area contributed by atoms with Crippen LogP contribution < -0.4 is 0 Å². The molecule has 0 aromatic rings. The molecule has 0 amide bonds. The van der Waals surface area contributed by atoms with Crippen molar-refractivity contribution in [2.75, 3.05) is 19.7 Å². The molecule has 0 aromatic heterocycles. The Balaban J connectivity index is 2.27. The number of rotatable bonds is 2. The van der Waals surface area contributed by atoms with Gasteiger partial charge >= 0.3 is 0 Å². The molecule has 0 bridgehead atoms. The van der Waals surface area contributed by atoms with Crippen molar-refractivity contribution in [1.82, 2.24) is 4.90 Å². The van der Waals surface area contributed by atoms with Crippen molar-refractivity contribution >= 4 is 0 Å². The quantitative estimate of drug-likeness (QED) is 0.587. The van der Waals surface area contributed by atoms with E-state index in [4.69, 9.17) is 5.11 Å². The molecule has 1 aliphatic rings. The minimum atomic E-state index is -0.114. The van der Waals surface area contributed by atoms with Gasteiger partial charge in [-0.25, -0.2) is 0 Å². The van der Waals surface area contributed by atoms with Crippen LogP contribution in [0.4, 0.5) is 0 Å². The normalized spacial score (nSPS) is 25.4. The van der Waals surface area contributed by atoms with Gasteiger partial charge in [0, 0.05) is 19.1 Å². The SMILES string of the molecule is C[C@H](CO)N1CCC(O)CC1. The van der Waals surface area contributed by atoms with E-state index in [1.54, 1.807) is 0 Å². The highest BCUT2D eigenvalue weighted by molar-refractivity contribution is 4.74. The minimum absolute atomic E-state index is 0.114. The van der Waals surface area contributed by atoms with Crippen LogP contribution in [0.2, 0.25) is 0 Å². The summed E-state index contributed by atoms with van der Waals surface area (Å²) in [5.41, 5.74) is 0. The molecule has 1 rings (SSSR count). The Bertz CT molecular complexity index is 111. The van der Waals surface area contributed by atoms with Crippen molar-refractivity contribution < 1.29 is 10.2 Å². The molecule has 1 saturated heterocycles. The summed E-state index contributed by atoms with van der Waals surface area (Å²) in [5.74, 6) is 0. The molecule has 3 heteroatoms. The van der Waals surface area contributed by atoms with E-state index in [0.29, 0.717) is 0 Å². The fourth-order valence-corrected chi connectivity index (χ4v) is 1.44. The zero-order valence-corrected chi connectivity index (χ0v) is 7.03. The summed E-state index contributed by atoms with van der Waals surface area (Å²) in [6.07, 6.45) is 1.59. The number of piperidine rings is 1. The van der Waals surface area contributed by atoms with E-state index < -0.39 is 0 Å². The number of aliphatic hydroxyl groups is 2. The van der Waals surface area contributed by atoms with Gasteiger partial charge in [0.2, 0.25) is 0 Å². The first-order chi connectivity index (χ1) is 5.24. The third-order valence-corrected chi connectivity index (χ3v) is 2.39. The van der Waals surface area contributed by atoms with Crippen LogP contribution in [-0.2, 0) is 0 Å². The third-order valence-electron chi connectivity index (χ3n) is 2.39. The van der Waals surface area contributed by atoms with Crippen molar-refractivity contribution in [3.63, 3.8) is 0 Å². The summed E-state index contributed by atoms with van der Waals surface area (Å²) >= 11 is 0. The van der Waals surface area contributed by atoms with Gasteiger partial charge in [-0.15, -0.1) is 0 Å². The van der Waals surface area contributed by atoms with Gasteiger partial charge in [0.1, 0.15) is 0 Å². The fraction of sp³-hybridized carbons (Fsp3) is 1.00. The second-order valence-electron chi connectivity index (χ2n) is 3.30. The Morgan fingerprint density at radius 1 is 1.45 bits per heavy atom. The number of nitrogens with zero attached hydrogens (tertiary/aromatic N) is 1. The van der Waals surface area contributed by atoms with Crippen LogP contribution in [0.1, 0.15) is 19.8 Å². The molecule has 1 heterocycles. The summed E-state index contributed by atoms with van der Waals surface area (Å²) in [6.45, 7) is 4.07. The molecule has 0 aromatic carbocycles. The average molecular weight is 159 g/mol.